The highest BCUT2D eigenvalue weighted by molar-refractivity contribution is 7.99. The molecule has 0 unspecified atom stereocenters. The summed E-state index contributed by atoms with van der Waals surface area (Å²) in [5.74, 6) is 0.0741. The Balaban J connectivity index is 1.56. The van der Waals surface area contributed by atoms with Crippen molar-refractivity contribution in [2.75, 3.05) is 11.1 Å². The van der Waals surface area contributed by atoms with Gasteiger partial charge in [0.1, 0.15) is 11.4 Å². The van der Waals surface area contributed by atoms with E-state index < -0.39 is 16.9 Å². The second-order valence-corrected chi connectivity index (χ2v) is 7.62. The molecule has 12 heteroatoms. The van der Waals surface area contributed by atoms with Crippen molar-refractivity contribution in [3.05, 3.63) is 68.5 Å². The van der Waals surface area contributed by atoms with Crippen molar-refractivity contribution in [2.24, 2.45) is 0 Å². The molecule has 1 heterocycles. The predicted molar refractivity (Wildman–Crippen MR) is 112 cm³/mol. The Morgan fingerprint density at radius 2 is 2.07 bits per heavy atom. The van der Waals surface area contributed by atoms with Crippen molar-refractivity contribution >= 4 is 52.2 Å². The standard InChI is InChI=1S/C18H14Cl2N4O5S/c1-10(28-15-7-6-11(19)8-12(15)20)17-22-23-18(29-17)30-9-16(25)21-13-4-2-3-5-14(13)24(26)27/h2-8,10H,9H2,1H3,(H,21,25)/t10-/m1/s1. The molecule has 0 aliphatic carbocycles. The van der Waals surface area contributed by atoms with Crippen LogP contribution in [0.15, 0.2) is 52.1 Å². The number of ether oxygens (including phenoxy) is 1. The average molecular weight is 469 g/mol. The predicted octanol–water partition coefficient (Wildman–Crippen LogP) is 5.16. The van der Waals surface area contributed by atoms with Gasteiger partial charge < -0.3 is 14.5 Å². The highest BCUT2D eigenvalue weighted by atomic mass is 35.5. The molecule has 0 bridgehead atoms. The van der Waals surface area contributed by atoms with Gasteiger partial charge in [-0.2, -0.15) is 0 Å². The van der Waals surface area contributed by atoms with Crippen molar-refractivity contribution in [3.8, 4) is 5.75 Å². The second kappa shape index (κ2) is 9.79. The maximum Gasteiger partial charge on any atom is 0.292 e. The van der Waals surface area contributed by atoms with Gasteiger partial charge in [-0.05, 0) is 31.2 Å². The number of amides is 1. The summed E-state index contributed by atoms with van der Waals surface area (Å²) in [6, 6.07) is 10.7. The fraction of sp³-hybridized carbons (Fsp3) is 0.167. The van der Waals surface area contributed by atoms with E-state index in [0.717, 1.165) is 11.8 Å². The molecular formula is C18H14Cl2N4O5S. The van der Waals surface area contributed by atoms with Crippen LogP contribution in [0.25, 0.3) is 0 Å². The summed E-state index contributed by atoms with van der Waals surface area (Å²) in [6.45, 7) is 1.70. The van der Waals surface area contributed by atoms with Gasteiger partial charge in [-0.1, -0.05) is 47.1 Å². The summed E-state index contributed by atoms with van der Waals surface area (Å²) in [7, 11) is 0. The molecule has 1 aromatic heterocycles. The average Bonchev–Trinajstić information content (AvgIpc) is 3.18. The summed E-state index contributed by atoms with van der Waals surface area (Å²) < 4.78 is 11.2. The minimum absolute atomic E-state index is 0.0774. The number of nitro groups is 1. The maximum atomic E-state index is 12.1. The minimum Gasteiger partial charge on any atom is -0.479 e. The normalized spacial score (nSPS) is 11.7. The Kier molecular flexibility index (Phi) is 7.14. The number of hydrogen-bond acceptors (Lipinski definition) is 8. The molecule has 0 aliphatic rings. The molecule has 9 nitrogen and oxygen atoms in total. The molecule has 0 saturated heterocycles. The molecule has 1 amide bonds. The van der Waals surface area contributed by atoms with E-state index in [2.05, 4.69) is 15.5 Å². The van der Waals surface area contributed by atoms with Crippen molar-refractivity contribution in [1.82, 2.24) is 10.2 Å². The van der Waals surface area contributed by atoms with E-state index in [0.29, 0.717) is 15.8 Å². The number of nitrogens with one attached hydrogen (secondary N) is 1. The number of benzene rings is 2. The Labute approximate surface area is 184 Å². The zero-order valence-corrected chi connectivity index (χ0v) is 17.7. The number of rotatable bonds is 8. The van der Waals surface area contributed by atoms with Crippen LogP contribution in [-0.4, -0.2) is 26.8 Å². The first-order chi connectivity index (χ1) is 14.3. The number of para-hydroxylation sites is 2. The number of halogens is 2. The van der Waals surface area contributed by atoms with Crippen LogP contribution < -0.4 is 10.1 Å². The number of aromatic nitrogens is 2. The number of thioether (sulfide) groups is 1. The van der Waals surface area contributed by atoms with E-state index in [4.69, 9.17) is 32.4 Å². The fourth-order valence-electron chi connectivity index (χ4n) is 2.31. The molecule has 0 fully saturated rings. The van der Waals surface area contributed by atoms with Crippen molar-refractivity contribution < 1.29 is 18.9 Å². The third kappa shape index (κ3) is 5.62. The van der Waals surface area contributed by atoms with Crippen LogP contribution in [0.2, 0.25) is 10.0 Å². The topological polar surface area (TPSA) is 120 Å². The van der Waals surface area contributed by atoms with Gasteiger partial charge in [0.05, 0.1) is 15.7 Å². The molecule has 156 valence electrons. The van der Waals surface area contributed by atoms with Gasteiger partial charge in [0.25, 0.3) is 16.8 Å². The number of carbonyl (C=O) groups is 1. The third-order valence-electron chi connectivity index (χ3n) is 3.67. The smallest absolute Gasteiger partial charge is 0.292 e. The summed E-state index contributed by atoms with van der Waals surface area (Å²) in [6.07, 6.45) is -0.591. The van der Waals surface area contributed by atoms with E-state index in [1.807, 2.05) is 0 Å². The maximum absolute atomic E-state index is 12.1. The Bertz CT molecular complexity index is 1080. The monoisotopic (exact) mass is 468 g/mol. The number of carbonyl (C=O) groups excluding carboxylic acids is 1. The van der Waals surface area contributed by atoms with E-state index in [9.17, 15) is 14.9 Å². The fourth-order valence-corrected chi connectivity index (χ4v) is 3.33. The molecule has 3 rings (SSSR count). The molecule has 1 N–H and O–H groups in total. The zero-order chi connectivity index (χ0) is 21.7. The minimum atomic E-state index is -0.591. The summed E-state index contributed by atoms with van der Waals surface area (Å²) in [5.41, 5.74) is -0.0797. The molecule has 0 saturated carbocycles. The molecule has 3 aromatic rings. The van der Waals surface area contributed by atoms with Gasteiger partial charge in [-0.25, -0.2) is 0 Å². The van der Waals surface area contributed by atoms with Crippen LogP contribution >= 0.6 is 35.0 Å². The van der Waals surface area contributed by atoms with E-state index >= 15 is 0 Å². The van der Waals surface area contributed by atoms with Gasteiger partial charge in [0, 0.05) is 11.1 Å². The summed E-state index contributed by atoms with van der Waals surface area (Å²) in [5, 5.41) is 22.2. The lowest BCUT2D eigenvalue weighted by molar-refractivity contribution is -0.383. The summed E-state index contributed by atoms with van der Waals surface area (Å²) >= 11 is 12.9. The van der Waals surface area contributed by atoms with Crippen LogP contribution in [0.5, 0.6) is 5.75 Å². The van der Waals surface area contributed by atoms with E-state index in [1.165, 1.54) is 18.2 Å². The SMILES string of the molecule is C[C@@H](Oc1ccc(Cl)cc1Cl)c1nnc(SCC(=O)Nc2ccccc2[N+](=O)[O-])o1. The lowest BCUT2D eigenvalue weighted by atomic mass is 10.2. The molecule has 0 radical (unpaired) electrons. The van der Waals surface area contributed by atoms with Gasteiger partial charge in [-0.3, -0.25) is 14.9 Å². The summed E-state index contributed by atoms with van der Waals surface area (Å²) in [4.78, 5) is 22.6. The third-order valence-corrected chi connectivity index (χ3v) is 5.02. The van der Waals surface area contributed by atoms with Gasteiger partial charge in [-0.15, -0.1) is 10.2 Å². The zero-order valence-electron chi connectivity index (χ0n) is 15.4. The highest BCUT2D eigenvalue weighted by Gasteiger charge is 2.19. The number of hydrogen-bond donors (Lipinski definition) is 1. The Hall–Kier alpha value is -2.82. The molecular weight excluding hydrogens is 455 g/mol. The lowest BCUT2D eigenvalue weighted by Crippen LogP contribution is -2.15. The number of nitro benzene ring substituents is 1. The Morgan fingerprint density at radius 1 is 1.30 bits per heavy atom. The van der Waals surface area contributed by atoms with Crippen molar-refractivity contribution in [1.29, 1.82) is 0 Å². The second-order valence-electron chi connectivity index (χ2n) is 5.85. The van der Waals surface area contributed by atoms with Gasteiger partial charge in [0.2, 0.25) is 5.91 Å². The first kappa shape index (κ1) is 21.9. The van der Waals surface area contributed by atoms with Crippen molar-refractivity contribution in [2.45, 2.75) is 18.3 Å². The molecule has 1 atom stereocenters. The van der Waals surface area contributed by atoms with Crippen LogP contribution in [0.4, 0.5) is 11.4 Å². The number of nitrogens with zero attached hydrogens (tertiary/aromatic N) is 3. The van der Waals surface area contributed by atoms with Crippen LogP contribution in [0, 0.1) is 10.1 Å². The Morgan fingerprint density at radius 3 is 2.80 bits per heavy atom. The largest absolute Gasteiger partial charge is 0.479 e. The highest BCUT2D eigenvalue weighted by Crippen LogP contribution is 2.31. The first-order valence-electron chi connectivity index (χ1n) is 8.44. The van der Waals surface area contributed by atoms with Crippen LogP contribution in [0.3, 0.4) is 0 Å². The quantitative estimate of drug-likeness (QED) is 0.273. The molecule has 30 heavy (non-hydrogen) atoms. The molecule has 0 spiro atoms. The number of anilines is 1. The van der Waals surface area contributed by atoms with E-state index in [-0.39, 0.29) is 28.2 Å². The van der Waals surface area contributed by atoms with Crippen LogP contribution in [0.1, 0.15) is 18.9 Å². The van der Waals surface area contributed by atoms with Gasteiger partial charge >= 0.3 is 0 Å². The molecule has 2 aromatic carbocycles. The molecule has 0 aliphatic heterocycles. The van der Waals surface area contributed by atoms with E-state index in [1.54, 1.807) is 31.2 Å². The first-order valence-corrected chi connectivity index (χ1v) is 10.2. The lowest BCUT2D eigenvalue weighted by Gasteiger charge is -2.12. The van der Waals surface area contributed by atoms with Crippen molar-refractivity contribution in [3.63, 3.8) is 0 Å². The van der Waals surface area contributed by atoms with Gasteiger partial charge in [0.15, 0.2) is 6.10 Å². The van der Waals surface area contributed by atoms with Crippen LogP contribution in [-0.2, 0) is 4.79 Å².